The number of amides is 1. The fourth-order valence-corrected chi connectivity index (χ4v) is 9.71. The van der Waals surface area contributed by atoms with Gasteiger partial charge in [0.25, 0.3) is 0 Å². The molecule has 1 heterocycles. The van der Waals surface area contributed by atoms with E-state index in [2.05, 4.69) is 55.6 Å². The molecule has 0 saturated carbocycles. The first-order valence-corrected chi connectivity index (χ1v) is 30.4. The van der Waals surface area contributed by atoms with E-state index in [9.17, 15) is 40.5 Å². The third kappa shape index (κ3) is 38.0. The van der Waals surface area contributed by atoms with Gasteiger partial charge in [0, 0.05) is 0 Å². The summed E-state index contributed by atoms with van der Waals surface area (Å²) < 4.78 is 11.1. The minimum Gasteiger partial charge on any atom is -0.394 e. The summed E-state index contributed by atoms with van der Waals surface area (Å²) in [7, 11) is 0. The molecule has 11 heteroatoms. The van der Waals surface area contributed by atoms with Crippen LogP contribution in [0.15, 0.2) is 36.5 Å². The highest BCUT2D eigenvalue weighted by molar-refractivity contribution is 5.80. The zero-order valence-corrected chi connectivity index (χ0v) is 46.4. The number of carbonyl (C=O) groups is 1. The third-order valence-corrected chi connectivity index (χ3v) is 14.7. The summed E-state index contributed by atoms with van der Waals surface area (Å²) in [5.41, 5.74) is 0. The molecule has 72 heavy (non-hydrogen) atoms. The first kappa shape index (κ1) is 68.3. The summed E-state index contributed by atoms with van der Waals surface area (Å²) in [6, 6.07) is -1.19. The van der Waals surface area contributed by atoms with Crippen LogP contribution in [0.3, 0.4) is 0 Å². The molecule has 1 rings (SSSR count). The Kier molecular flexibility index (Phi) is 47.6. The van der Waals surface area contributed by atoms with Gasteiger partial charge in [-0.05, 0) is 64.2 Å². The van der Waals surface area contributed by atoms with Crippen molar-refractivity contribution in [3.8, 4) is 0 Å². The van der Waals surface area contributed by atoms with E-state index in [-0.39, 0.29) is 12.8 Å². The van der Waals surface area contributed by atoms with Gasteiger partial charge in [-0.2, -0.15) is 0 Å². The maximum atomic E-state index is 13.2. The number of aliphatic hydroxyl groups is 7. The Labute approximate surface area is 441 Å². The number of hydrogen-bond donors (Lipinski definition) is 8. The van der Waals surface area contributed by atoms with Crippen LogP contribution in [-0.2, 0) is 14.3 Å². The molecule has 9 unspecified atom stereocenters. The maximum Gasteiger partial charge on any atom is 0.249 e. The largest absolute Gasteiger partial charge is 0.394 e. The molecule has 0 bridgehead atoms. The van der Waals surface area contributed by atoms with E-state index in [1.165, 1.54) is 186 Å². The van der Waals surface area contributed by atoms with Gasteiger partial charge in [0.15, 0.2) is 6.29 Å². The topological polar surface area (TPSA) is 189 Å². The molecular weight excluding hydrogens is 907 g/mol. The van der Waals surface area contributed by atoms with Crippen LogP contribution in [0.5, 0.6) is 0 Å². The molecule has 1 fully saturated rings. The molecule has 11 nitrogen and oxygen atoms in total. The third-order valence-electron chi connectivity index (χ3n) is 14.7. The van der Waals surface area contributed by atoms with E-state index in [0.717, 1.165) is 44.9 Å². The molecule has 0 aliphatic carbocycles. The summed E-state index contributed by atoms with van der Waals surface area (Å²) in [5.74, 6) is -0.708. The van der Waals surface area contributed by atoms with Crippen LogP contribution in [0.25, 0.3) is 0 Å². The highest BCUT2D eigenvalue weighted by Gasteiger charge is 2.44. The van der Waals surface area contributed by atoms with Gasteiger partial charge in [0.1, 0.15) is 36.6 Å². The van der Waals surface area contributed by atoms with Crippen LogP contribution in [0.2, 0.25) is 0 Å². The molecule has 424 valence electrons. The zero-order chi connectivity index (χ0) is 52.5. The SMILES string of the molecule is CCCCCCCCCC/C=C/CC/C=C/CC/C=C/CCCC(O)C(O)C(COC1OC(CO)C(O)C(O)C1O)NC(=O)C(O)CCCCCCCCCCCCCCCCCCCCCCCCCC. The second-order valence-electron chi connectivity index (χ2n) is 21.4. The van der Waals surface area contributed by atoms with Gasteiger partial charge in [0.05, 0.1) is 25.4 Å². The number of nitrogens with one attached hydrogen (secondary N) is 1. The van der Waals surface area contributed by atoms with E-state index >= 15 is 0 Å². The van der Waals surface area contributed by atoms with Gasteiger partial charge >= 0.3 is 0 Å². The molecule has 0 aromatic carbocycles. The van der Waals surface area contributed by atoms with Crippen LogP contribution >= 0.6 is 0 Å². The number of unbranched alkanes of at least 4 members (excludes halogenated alkanes) is 34. The van der Waals surface area contributed by atoms with Crippen LogP contribution in [0.4, 0.5) is 0 Å². The summed E-state index contributed by atoms with van der Waals surface area (Å²) in [5, 5.41) is 76.2. The first-order chi connectivity index (χ1) is 35.2. The number of allylic oxidation sites excluding steroid dienone is 6. The summed E-state index contributed by atoms with van der Waals surface area (Å²) >= 11 is 0. The fourth-order valence-electron chi connectivity index (χ4n) is 9.71. The zero-order valence-electron chi connectivity index (χ0n) is 46.4. The smallest absolute Gasteiger partial charge is 0.249 e. The Hall–Kier alpha value is -1.67. The number of aliphatic hydroxyl groups excluding tert-OH is 7. The van der Waals surface area contributed by atoms with Crippen LogP contribution in [-0.4, -0.2) is 110 Å². The lowest BCUT2D eigenvalue weighted by atomic mass is 9.98. The molecule has 0 spiro atoms. The van der Waals surface area contributed by atoms with Crippen molar-refractivity contribution in [1.82, 2.24) is 5.32 Å². The van der Waals surface area contributed by atoms with Crippen molar-refractivity contribution in [3.63, 3.8) is 0 Å². The van der Waals surface area contributed by atoms with E-state index < -0.39 is 74.2 Å². The van der Waals surface area contributed by atoms with E-state index in [4.69, 9.17) is 9.47 Å². The van der Waals surface area contributed by atoms with E-state index in [1.807, 2.05) is 0 Å². The van der Waals surface area contributed by atoms with Crippen molar-refractivity contribution in [2.45, 2.75) is 332 Å². The van der Waals surface area contributed by atoms with Crippen molar-refractivity contribution in [2.75, 3.05) is 13.2 Å². The Morgan fingerprint density at radius 1 is 0.472 bits per heavy atom. The molecule has 1 aliphatic rings. The summed E-state index contributed by atoms with van der Waals surface area (Å²) in [4.78, 5) is 13.2. The summed E-state index contributed by atoms with van der Waals surface area (Å²) in [6.07, 6.45) is 50.6. The molecule has 8 N–H and O–H groups in total. The fraction of sp³-hybridized carbons (Fsp3) is 0.885. The molecule has 1 aliphatic heterocycles. The average molecular weight is 1020 g/mol. The molecule has 0 aromatic heterocycles. The number of rotatable bonds is 52. The Bertz CT molecular complexity index is 1260. The van der Waals surface area contributed by atoms with Crippen molar-refractivity contribution in [2.24, 2.45) is 0 Å². The number of carbonyl (C=O) groups excluding carboxylic acids is 1. The van der Waals surface area contributed by atoms with Gasteiger partial charge in [-0.25, -0.2) is 0 Å². The molecule has 0 radical (unpaired) electrons. The molecule has 1 saturated heterocycles. The lowest BCUT2D eigenvalue weighted by molar-refractivity contribution is -0.303. The number of ether oxygens (including phenoxy) is 2. The van der Waals surface area contributed by atoms with Crippen molar-refractivity contribution < 1.29 is 50.0 Å². The summed E-state index contributed by atoms with van der Waals surface area (Å²) in [6.45, 7) is 3.46. The highest BCUT2D eigenvalue weighted by atomic mass is 16.7. The molecule has 9 atom stereocenters. The maximum absolute atomic E-state index is 13.2. The van der Waals surface area contributed by atoms with Crippen molar-refractivity contribution in [3.05, 3.63) is 36.5 Å². The molecule has 0 aromatic rings. The van der Waals surface area contributed by atoms with Crippen LogP contribution in [0.1, 0.15) is 277 Å². The first-order valence-electron chi connectivity index (χ1n) is 30.4. The lowest BCUT2D eigenvalue weighted by Crippen LogP contribution is -2.60. The van der Waals surface area contributed by atoms with Gasteiger partial charge in [-0.3, -0.25) is 4.79 Å². The predicted molar refractivity (Wildman–Crippen MR) is 298 cm³/mol. The van der Waals surface area contributed by atoms with Crippen LogP contribution < -0.4 is 5.32 Å². The van der Waals surface area contributed by atoms with Gasteiger partial charge < -0.3 is 50.5 Å². The van der Waals surface area contributed by atoms with Crippen molar-refractivity contribution in [1.29, 1.82) is 0 Å². The normalized spacial score (nSPS) is 20.3. The minimum absolute atomic E-state index is 0.243. The minimum atomic E-state index is -1.67. The quantitative estimate of drug-likeness (QED) is 0.0215. The number of hydrogen-bond acceptors (Lipinski definition) is 10. The van der Waals surface area contributed by atoms with Crippen molar-refractivity contribution >= 4 is 5.91 Å². The second kappa shape index (κ2) is 50.2. The van der Waals surface area contributed by atoms with E-state index in [1.54, 1.807) is 0 Å². The van der Waals surface area contributed by atoms with Gasteiger partial charge in [-0.1, -0.05) is 249 Å². The molecule has 1 amide bonds. The second-order valence-corrected chi connectivity index (χ2v) is 21.4. The van der Waals surface area contributed by atoms with Crippen LogP contribution in [0, 0.1) is 0 Å². The average Bonchev–Trinajstić information content (AvgIpc) is 3.38. The standard InChI is InChI=1S/C61H115NO10/c1-3-5-7-9-11-13-15-17-19-21-23-25-26-27-29-31-33-35-37-39-41-43-45-47-49-54(65)60(70)62-52(51-71-61-59(69)58(68)57(67)55(50-63)72-61)56(66)53(64)48-46-44-42-40-38-36-34-32-30-28-24-22-20-18-16-14-12-10-8-6-4-2/h22,24,32,34,40,42,52-59,61,63-69H,3-21,23,25-31,33,35-39,41,43-51H2,1-2H3,(H,62,70)/b24-22+,34-32+,42-40+. The Morgan fingerprint density at radius 3 is 1.24 bits per heavy atom. The monoisotopic (exact) mass is 1020 g/mol. The van der Waals surface area contributed by atoms with Gasteiger partial charge in [-0.15, -0.1) is 0 Å². The Balaban J connectivity index is 2.32. The van der Waals surface area contributed by atoms with E-state index in [0.29, 0.717) is 19.3 Å². The Morgan fingerprint density at radius 2 is 0.833 bits per heavy atom. The lowest BCUT2D eigenvalue weighted by Gasteiger charge is -2.40. The molecular formula is C61H115NO10. The van der Waals surface area contributed by atoms with Gasteiger partial charge in [0.2, 0.25) is 5.91 Å². The highest BCUT2D eigenvalue weighted by Crippen LogP contribution is 2.23. The predicted octanol–water partition coefficient (Wildman–Crippen LogP) is 13.1.